The first-order valence-electron chi connectivity index (χ1n) is 5.98. The highest BCUT2D eigenvalue weighted by atomic mass is 32.2. The highest BCUT2D eigenvalue weighted by molar-refractivity contribution is 7.99. The van der Waals surface area contributed by atoms with Gasteiger partial charge in [0, 0.05) is 11.9 Å². The number of anilines is 1. The van der Waals surface area contributed by atoms with Gasteiger partial charge in [0.25, 0.3) is 0 Å². The number of carbonyl (C=O) groups excluding carboxylic acids is 1. The fraction of sp³-hybridized carbons (Fsp3) is 0.462. The zero-order valence-corrected chi connectivity index (χ0v) is 12.0. The molecule has 1 aromatic rings. The van der Waals surface area contributed by atoms with Crippen molar-refractivity contribution in [2.45, 2.75) is 11.3 Å². The molecular weight excluding hydrogens is 246 g/mol. The summed E-state index contributed by atoms with van der Waals surface area (Å²) in [6, 6.07) is 7.68. The molecule has 2 N–H and O–H groups in total. The van der Waals surface area contributed by atoms with Gasteiger partial charge in [-0.25, -0.2) is 4.79 Å². The Morgan fingerprint density at radius 2 is 2.06 bits per heavy atom. The van der Waals surface area contributed by atoms with Gasteiger partial charge in [-0.1, -0.05) is 12.1 Å². The van der Waals surface area contributed by atoms with Crippen LogP contribution in [-0.2, 0) is 0 Å². The second-order valence-corrected chi connectivity index (χ2v) is 5.34. The molecular formula is C13H21N3OS. The third-order valence-electron chi connectivity index (χ3n) is 2.37. The van der Waals surface area contributed by atoms with E-state index in [1.165, 1.54) is 0 Å². The first-order chi connectivity index (χ1) is 8.63. The lowest BCUT2D eigenvalue weighted by molar-refractivity contribution is 0.254. The molecule has 0 spiro atoms. The molecule has 0 bridgehead atoms. The average molecular weight is 267 g/mol. The number of urea groups is 1. The Hall–Kier alpha value is -1.20. The van der Waals surface area contributed by atoms with Gasteiger partial charge in [0.05, 0.1) is 5.69 Å². The molecule has 1 rings (SSSR count). The van der Waals surface area contributed by atoms with Crippen LogP contribution in [0.15, 0.2) is 29.2 Å². The number of hydrogen-bond acceptors (Lipinski definition) is 3. The van der Waals surface area contributed by atoms with E-state index in [4.69, 9.17) is 0 Å². The lowest BCUT2D eigenvalue weighted by Gasteiger charge is -2.11. The number of nitrogens with zero attached hydrogens (tertiary/aromatic N) is 1. The molecule has 5 heteroatoms. The molecule has 0 unspecified atom stereocenters. The third kappa shape index (κ3) is 5.42. The van der Waals surface area contributed by atoms with Gasteiger partial charge in [-0.3, -0.25) is 0 Å². The molecule has 4 nitrogen and oxygen atoms in total. The molecule has 0 radical (unpaired) electrons. The highest BCUT2D eigenvalue weighted by Gasteiger charge is 2.05. The maximum absolute atomic E-state index is 11.3. The Labute approximate surface area is 113 Å². The fourth-order valence-electron chi connectivity index (χ4n) is 1.44. The number of benzene rings is 1. The monoisotopic (exact) mass is 267 g/mol. The second kappa shape index (κ2) is 8.00. The van der Waals surface area contributed by atoms with Gasteiger partial charge in [-0.15, -0.1) is 11.8 Å². The summed E-state index contributed by atoms with van der Waals surface area (Å²) in [5.41, 5.74) is 0.867. The van der Waals surface area contributed by atoms with Crippen LogP contribution in [0.1, 0.15) is 6.42 Å². The molecule has 0 fully saturated rings. The van der Waals surface area contributed by atoms with Crippen LogP contribution in [0, 0.1) is 0 Å². The van der Waals surface area contributed by atoms with Crippen LogP contribution >= 0.6 is 11.8 Å². The molecule has 18 heavy (non-hydrogen) atoms. The summed E-state index contributed by atoms with van der Waals surface area (Å²) in [7, 11) is 5.76. The third-order valence-corrected chi connectivity index (χ3v) is 3.53. The lowest BCUT2D eigenvalue weighted by Crippen LogP contribution is -2.24. The lowest BCUT2D eigenvalue weighted by atomic mass is 10.3. The van der Waals surface area contributed by atoms with Crippen molar-refractivity contribution in [3.63, 3.8) is 0 Å². The molecule has 2 amide bonds. The minimum absolute atomic E-state index is 0.184. The van der Waals surface area contributed by atoms with Crippen molar-refractivity contribution in [1.82, 2.24) is 10.2 Å². The summed E-state index contributed by atoms with van der Waals surface area (Å²) in [5, 5.41) is 5.39. The van der Waals surface area contributed by atoms with Crippen LogP contribution < -0.4 is 10.6 Å². The number of amides is 2. The molecule has 0 aliphatic rings. The molecule has 0 aromatic heterocycles. The fourth-order valence-corrected chi connectivity index (χ4v) is 2.39. The predicted octanol–water partition coefficient (Wildman–Crippen LogP) is 2.48. The second-order valence-electron chi connectivity index (χ2n) is 4.21. The smallest absolute Gasteiger partial charge is 0.319 e. The minimum atomic E-state index is -0.184. The summed E-state index contributed by atoms with van der Waals surface area (Å²) in [5.74, 6) is 1.05. The average Bonchev–Trinajstić information content (AvgIpc) is 2.36. The zero-order valence-electron chi connectivity index (χ0n) is 11.2. The van der Waals surface area contributed by atoms with E-state index < -0.39 is 0 Å². The van der Waals surface area contributed by atoms with Gasteiger partial charge >= 0.3 is 6.03 Å². The van der Waals surface area contributed by atoms with Crippen LogP contribution in [0.5, 0.6) is 0 Å². The van der Waals surface area contributed by atoms with Crippen LogP contribution in [0.4, 0.5) is 10.5 Å². The van der Waals surface area contributed by atoms with Crippen molar-refractivity contribution in [3.8, 4) is 0 Å². The molecule has 0 aliphatic heterocycles. The quantitative estimate of drug-likeness (QED) is 0.615. The predicted molar refractivity (Wildman–Crippen MR) is 78.4 cm³/mol. The van der Waals surface area contributed by atoms with Crippen LogP contribution in [0.2, 0.25) is 0 Å². The molecule has 100 valence electrons. The number of rotatable bonds is 6. The first-order valence-corrected chi connectivity index (χ1v) is 6.97. The molecule has 0 saturated carbocycles. The van der Waals surface area contributed by atoms with Gasteiger partial charge in [0.2, 0.25) is 0 Å². The van der Waals surface area contributed by atoms with E-state index in [2.05, 4.69) is 29.6 Å². The molecule has 0 atom stereocenters. The summed E-state index contributed by atoms with van der Waals surface area (Å²) in [6.45, 7) is 1.08. The summed E-state index contributed by atoms with van der Waals surface area (Å²) in [6.07, 6.45) is 1.13. The number of hydrogen-bond donors (Lipinski definition) is 2. The van der Waals surface area contributed by atoms with E-state index in [0.717, 1.165) is 29.3 Å². The Balaban J connectivity index is 2.51. The van der Waals surface area contributed by atoms with Gasteiger partial charge in [-0.2, -0.15) is 0 Å². The number of para-hydroxylation sites is 1. The van der Waals surface area contributed by atoms with Crippen LogP contribution in [0.25, 0.3) is 0 Å². The van der Waals surface area contributed by atoms with Gasteiger partial charge in [0.15, 0.2) is 0 Å². The zero-order chi connectivity index (χ0) is 13.4. The van der Waals surface area contributed by atoms with E-state index in [1.807, 2.05) is 24.3 Å². The maximum atomic E-state index is 11.3. The van der Waals surface area contributed by atoms with Crippen molar-refractivity contribution in [3.05, 3.63) is 24.3 Å². The van der Waals surface area contributed by atoms with E-state index in [-0.39, 0.29) is 6.03 Å². The number of nitrogens with one attached hydrogen (secondary N) is 2. The highest BCUT2D eigenvalue weighted by Crippen LogP contribution is 2.27. The SMILES string of the molecule is CNC(=O)Nc1ccccc1SCCCN(C)C. The van der Waals surface area contributed by atoms with Crippen molar-refractivity contribution in [2.24, 2.45) is 0 Å². The number of carbonyl (C=O) groups is 1. The largest absolute Gasteiger partial charge is 0.341 e. The number of thioether (sulfide) groups is 1. The standard InChI is InChI=1S/C13H21N3OS/c1-14-13(17)15-11-7-4-5-8-12(11)18-10-6-9-16(2)3/h4-5,7-8H,6,9-10H2,1-3H3,(H2,14,15,17). The minimum Gasteiger partial charge on any atom is -0.341 e. The Morgan fingerprint density at radius 3 is 2.72 bits per heavy atom. The first kappa shape index (κ1) is 14.9. The van der Waals surface area contributed by atoms with Crippen molar-refractivity contribution >= 4 is 23.5 Å². The van der Waals surface area contributed by atoms with Crippen molar-refractivity contribution in [1.29, 1.82) is 0 Å². The Bertz CT molecular complexity index is 382. The van der Waals surface area contributed by atoms with Crippen LogP contribution in [0.3, 0.4) is 0 Å². The van der Waals surface area contributed by atoms with E-state index in [0.29, 0.717) is 0 Å². The van der Waals surface area contributed by atoms with Gasteiger partial charge < -0.3 is 15.5 Å². The van der Waals surface area contributed by atoms with Crippen molar-refractivity contribution in [2.75, 3.05) is 38.8 Å². The van der Waals surface area contributed by atoms with E-state index >= 15 is 0 Å². The normalized spacial score (nSPS) is 10.4. The van der Waals surface area contributed by atoms with E-state index in [1.54, 1.807) is 18.8 Å². The summed E-state index contributed by atoms with van der Waals surface area (Å²) >= 11 is 1.77. The van der Waals surface area contributed by atoms with Crippen LogP contribution in [-0.4, -0.2) is 44.4 Å². The summed E-state index contributed by atoms with van der Waals surface area (Å²) in [4.78, 5) is 14.6. The molecule has 0 saturated heterocycles. The molecule has 0 aliphatic carbocycles. The van der Waals surface area contributed by atoms with E-state index in [9.17, 15) is 4.79 Å². The Kier molecular flexibility index (Phi) is 6.60. The Morgan fingerprint density at radius 1 is 1.33 bits per heavy atom. The molecule has 0 heterocycles. The van der Waals surface area contributed by atoms with Crippen molar-refractivity contribution < 1.29 is 4.79 Å². The topological polar surface area (TPSA) is 44.4 Å². The summed E-state index contributed by atoms with van der Waals surface area (Å²) < 4.78 is 0. The van der Waals surface area contributed by atoms with Gasteiger partial charge in [0.1, 0.15) is 0 Å². The maximum Gasteiger partial charge on any atom is 0.319 e. The molecule has 1 aromatic carbocycles. The van der Waals surface area contributed by atoms with Gasteiger partial charge in [-0.05, 0) is 44.9 Å².